The number of fused-ring (bicyclic) bond motifs is 1. The van der Waals surface area contributed by atoms with Crippen LogP contribution < -0.4 is 5.32 Å². The smallest absolute Gasteiger partial charge is 0.270 e. The van der Waals surface area contributed by atoms with Crippen molar-refractivity contribution in [1.29, 1.82) is 0 Å². The predicted molar refractivity (Wildman–Crippen MR) is 110 cm³/mol. The molecule has 0 aliphatic rings. The van der Waals surface area contributed by atoms with Crippen molar-refractivity contribution in [2.45, 2.75) is 6.92 Å². The number of non-ortho nitro benzene ring substituents is 1. The molecule has 0 atom stereocenters. The number of aryl methyl sites for hydroxylation is 1. The summed E-state index contributed by atoms with van der Waals surface area (Å²) in [7, 11) is 0. The molecule has 4 aromatic rings. The number of pyridine rings is 1. The lowest BCUT2D eigenvalue weighted by Crippen LogP contribution is -2.16. The molecular formula is C20H14ClN5O3. The number of para-hydroxylation sites is 1. The Balaban J connectivity index is 1.71. The van der Waals surface area contributed by atoms with Crippen molar-refractivity contribution < 1.29 is 9.72 Å². The van der Waals surface area contributed by atoms with Crippen LogP contribution >= 0.6 is 11.6 Å². The third-order valence-electron chi connectivity index (χ3n) is 4.28. The van der Waals surface area contributed by atoms with Gasteiger partial charge in [-0.05, 0) is 31.2 Å². The van der Waals surface area contributed by atoms with Crippen molar-refractivity contribution in [3.63, 3.8) is 0 Å². The number of carbonyl (C=O) groups excluding carboxylic acids is 1. The molecule has 0 aliphatic carbocycles. The van der Waals surface area contributed by atoms with Gasteiger partial charge in [0.15, 0.2) is 5.82 Å². The molecule has 0 spiro atoms. The van der Waals surface area contributed by atoms with Gasteiger partial charge in [0.05, 0.1) is 26.7 Å². The minimum absolute atomic E-state index is 0.00209. The standard InChI is InChI=1S/C20H14ClN5O3/c1-12-10-19(23-20(27)15-11-14(26(28)29)7-8-16(15)21)25(24-12)18-9-6-13-4-2-3-5-17(13)22-18/h2-11H,1H3,(H,23,27). The van der Waals surface area contributed by atoms with Crippen LogP contribution in [-0.2, 0) is 0 Å². The van der Waals surface area contributed by atoms with Crippen LogP contribution in [0, 0.1) is 17.0 Å². The highest BCUT2D eigenvalue weighted by atomic mass is 35.5. The Morgan fingerprint density at radius 3 is 2.72 bits per heavy atom. The molecule has 2 aromatic carbocycles. The van der Waals surface area contributed by atoms with E-state index in [1.54, 1.807) is 19.1 Å². The third kappa shape index (κ3) is 3.65. The van der Waals surface area contributed by atoms with E-state index < -0.39 is 10.8 Å². The van der Waals surface area contributed by atoms with Crippen LogP contribution in [0.3, 0.4) is 0 Å². The predicted octanol–water partition coefficient (Wildman–Crippen LogP) is 4.54. The first kappa shape index (κ1) is 18.6. The Morgan fingerprint density at radius 2 is 1.93 bits per heavy atom. The SMILES string of the molecule is Cc1cc(NC(=O)c2cc([N+](=O)[O-])ccc2Cl)n(-c2ccc3ccccc3n2)n1. The first-order valence-corrected chi connectivity index (χ1v) is 8.98. The van der Waals surface area contributed by atoms with E-state index in [2.05, 4.69) is 15.4 Å². The number of nitro benzene ring substituents is 1. The molecule has 2 heterocycles. The second kappa shape index (κ2) is 7.33. The quantitative estimate of drug-likeness (QED) is 0.395. The largest absolute Gasteiger partial charge is 0.306 e. The van der Waals surface area contributed by atoms with Gasteiger partial charge in [0, 0.05) is 23.6 Å². The number of nitrogens with zero attached hydrogens (tertiary/aromatic N) is 4. The maximum Gasteiger partial charge on any atom is 0.270 e. The Morgan fingerprint density at radius 1 is 1.14 bits per heavy atom. The topological polar surface area (TPSA) is 103 Å². The molecule has 0 radical (unpaired) electrons. The van der Waals surface area contributed by atoms with E-state index in [1.807, 2.05) is 30.3 Å². The number of aromatic nitrogens is 3. The van der Waals surface area contributed by atoms with Gasteiger partial charge in [-0.15, -0.1) is 0 Å². The number of nitro groups is 1. The van der Waals surface area contributed by atoms with Crippen LogP contribution in [0.25, 0.3) is 16.7 Å². The first-order chi connectivity index (χ1) is 13.9. The van der Waals surface area contributed by atoms with Crippen LogP contribution in [0.2, 0.25) is 5.02 Å². The lowest BCUT2D eigenvalue weighted by Gasteiger charge is -2.10. The highest BCUT2D eigenvalue weighted by Crippen LogP contribution is 2.24. The Bertz CT molecular complexity index is 1270. The third-order valence-corrected chi connectivity index (χ3v) is 4.61. The van der Waals surface area contributed by atoms with Crippen LogP contribution in [0.5, 0.6) is 0 Å². The fraction of sp³-hybridized carbons (Fsp3) is 0.0500. The lowest BCUT2D eigenvalue weighted by atomic mass is 10.2. The molecule has 0 unspecified atom stereocenters. The van der Waals surface area contributed by atoms with E-state index in [0.717, 1.165) is 17.0 Å². The number of hydrogen-bond donors (Lipinski definition) is 1. The van der Waals surface area contributed by atoms with E-state index in [-0.39, 0.29) is 16.3 Å². The van der Waals surface area contributed by atoms with E-state index in [9.17, 15) is 14.9 Å². The number of carbonyl (C=O) groups is 1. The number of amides is 1. The molecule has 0 bridgehead atoms. The lowest BCUT2D eigenvalue weighted by molar-refractivity contribution is -0.384. The van der Waals surface area contributed by atoms with Crippen LogP contribution in [0.15, 0.2) is 60.7 Å². The summed E-state index contributed by atoms with van der Waals surface area (Å²) in [6.45, 7) is 1.79. The zero-order valence-corrected chi connectivity index (χ0v) is 15.9. The van der Waals surface area contributed by atoms with Crippen molar-refractivity contribution in [2.24, 2.45) is 0 Å². The van der Waals surface area contributed by atoms with Crippen LogP contribution in [-0.4, -0.2) is 25.6 Å². The molecule has 2 aromatic heterocycles. The van der Waals surface area contributed by atoms with Gasteiger partial charge in [0.2, 0.25) is 0 Å². The molecule has 0 saturated heterocycles. The van der Waals surface area contributed by atoms with Gasteiger partial charge in [0.25, 0.3) is 11.6 Å². The van der Waals surface area contributed by atoms with E-state index >= 15 is 0 Å². The van der Waals surface area contributed by atoms with Crippen LogP contribution in [0.4, 0.5) is 11.5 Å². The first-order valence-electron chi connectivity index (χ1n) is 8.60. The Hall–Kier alpha value is -3.78. The van der Waals surface area contributed by atoms with E-state index in [4.69, 9.17) is 11.6 Å². The number of hydrogen-bond acceptors (Lipinski definition) is 5. The van der Waals surface area contributed by atoms with Gasteiger partial charge in [-0.2, -0.15) is 9.78 Å². The van der Waals surface area contributed by atoms with Crippen molar-refractivity contribution in [3.05, 3.63) is 87.1 Å². The molecule has 0 aliphatic heterocycles. The monoisotopic (exact) mass is 407 g/mol. The summed E-state index contributed by atoms with van der Waals surface area (Å²) in [5.41, 5.74) is 1.23. The average molecular weight is 408 g/mol. The molecule has 0 fully saturated rings. The van der Waals surface area contributed by atoms with Gasteiger partial charge in [-0.3, -0.25) is 14.9 Å². The molecule has 0 saturated carbocycles. The molecule has 1 N–H and O–H groups in total. The van der Waals surface area contributed by atoms with Gasteiger partial charge in [0.1, 0.15) is 5.82 Å². The maximum atomic E-state index is 12.7. The van der Waals surface area contributed by atoms with E-state index in [0.29, 0.717) is 17.3 Å². The maximum absolute atomic E-state index is 12.7. The number of rotatable bonds is 4. The van der Waals surface area contributed by atoms with Gasteiger partial charge >= 0.3 is 0 Å². The summed E-state index contributed by atoms with van der Waals surface area (Å²) >= 11 is 6.07. The summed E-state index contributed by atoms with van der Waals surface area (Å²) in [4.78, 5) is 27.7. The second-order valence-electron chi connectivity index (χ2n) is 6.32. The number of halogens is 1. The van der Waals surface area contributed by atoms with Crippen LogP contribution in [0.1, 0.15) is 16.1 Å². The van der Waals surface area contributed by atoms with Crippen molar-refractivity contribution >= 4 is 39.9 Å². The molecule has 4 rings (SSSR count). The van der Waals surface area contributed by atoms with E-state index in [1.165, 1.54) is 16.8 Å². The summed E-state index contributed by atoms with van der Waals surface area (Å²) in [5.74, 6) is 0.315. The zero-order chi connectivity index (χ0) is 20.5. The minimum Gasteiger partial charge on any atom is -0.306 e. The molecule has 8 nitrogen and oxygen atoms in total. The molecule has 144 valence electrons. The highest BCUT2D eigenvalue weighted by Gasteiger charge is 2.18. The fourth-order valence-corrected chi connectivity index (χ4v) is 3.12. The molecule has 9 heteroatoms. The van der Waals surface area contributed by atoms with Gasteiger partial charge < -0.3 is 5.32 Å². The highest BCUT2D eigenvalue weighted by molar-refractivity contribution is 6.34. The number of nitrogens with one attached hydrogen (secondary N) is 1. The Kier molecular flexibility index (Phi) is 4.69. The molecular weight excluding hydrogens is 394 g/mol. The second-order valence-corrected chi connectivity index (χ2v) is 6.73. The summed E-state index contributed by atoms with van der Waals surface area (Å²) in [6, 6.07) is 16.7. The summed E-state index contributed by atoms with van der Waals surface area (Å²) < 4.78 is 1.50. The van der Waals surface area contributed by atoms with Crippen molar-refractivity contribution in [3.8, 4) is 5.82 Å². The molecule has 1 amide bonds. The number of benzene rings is 2. The van der Waals surface area contributed by atoms with Crippen molar-refractivity contribution in [2.75, 3.05) is 5.32 Å². The minimum atomic E-state index is -0.583. The number of anilines is 1. The zero-order valence-electron chi connectivity index (χ0n) is 15.2. The Labute approximate surface area is 169 Å². The fourth-order valence-electron chi connectivity index (χ4n) is 2.92. The van der Waals surface area contributed by atoms with Crippen molar-refractivity contribution in [1.82, 2.24) is 14.8 Å². The summed E-state index contributed by atoms with van der Waals surface area (Å²) in [6.07, 6.45) is 0. The molecule has 29 heavy (non-hydrogen) atoms. The average Bonchev–Trinajstić information content (AvgIpc) is 3.07. The normalized spacial score (nSPS) is 10.8. The van der Waals surface area contributed by atoms with Gasteiger partial charge in [-0.25, -0.2) is 4.98 Å². The summed E-state index contributed by atoms with van der Waals surface area (Å²) in [5, 5.41) is 19.2. The van der Waals surface area contributed by atoms with Gasteiger partial charge in [-0.1, -0.05) is 29.8 Å².